The molecule has 0 aliphatic carbocycles. The molecule has 0 unspecified atom stereocenters. The second-order valence-electron chi connectivity index (χ2n) is 15.0. The van der Waals surface area contributed by atoms with Gasteiger partial charge in [0, 0.05) is 34.3 Å². The highest BCUT2D eigenvalue weighted by Gasteiger charge is 2.18. The Morgan fingerprint density at radius 1 is 0.538 bits per heavy atom. The molecule has 4 N–H and O–H groups in total. The van der Waals surface area contributed by atoms with Crippen LogP contribution in [0.5, 0.6) is 0 Å². The first-order chi connectivity index (χ1) is 31.3. The molecule has 0 aromatic heterocycles. The van der Waals surface area contributed by atoms with E-state index in [1.807, 2.05) is 26.2 Å². The van der Waals surface area contributed by atoms with E-state index in [1.165, 1.54) is 73.1 Å². The zero-order valence-corrected chi connectivity index (χ0v) is 36.8. The Morgan fingerprint density at radius 2 is 0.954 bits per heavy atom. The van der Waals surface area contributed by atoms with Crippen LogP contribution in [0.1, 0.15) is 70.1 Å². The Balaban J connectivity index is 0.971. The molecule has 4 amide bonds. The number of carbonyl (C=O) groups excluding carboxylic acids is 4. The summed E-state index contributed by atoms with van der Waals surface area (Å²) in [6.45, 7) is 2.70. The van der Waals surface area contributed by atoms with Gasteiger partial charge >= 0.3 is 0 Å². The molecule has 0 bridgehead atoms. The van der Waals surface area contributed by atoms with E-state index in [1.54, 1.807) is 60.7 Å². The van der Waals surface area contributed by atoms with Gasteiger partial charge in [-0.1, -0.05) is 71.7 Å². The van der Waals surface area contributed by atoms with Gasteiger partial charge in [0.05, 0.1) is 34.9 Å². The van der Waals surface area contributed by atoms with Crippen molar-refractivity contribution in [1.29, 1.82) is 0 Å². The van der Waals surface area contributed by atoms with E-state index in [2.05, 4.69) is 41.5 Å². The van der Waals surface area contributed by atoms with Gasteiger partial charge < -0.3 is 20.4 Å². The zero-order valence-electron chi connectivity index (χ0n) is 35.3. The molecular weight excluding hydrogens is 873 g/mol. The molecular formula is C49H44Cl2F2N8O4. The predicted octanol–water partition coefficient (Wildman–Crippen LogP) is 9.26. The molecule has 65 heavy (non-hydrogen) atoms. The quantitative estimate of drug-likeness (QED) is 0.0500. The lowest BCUT2D eigenvalue weighted by molar-refractivity contribution is 0.0947. The van der Waals surface area contributed by atoms with Gasteiger partial charge in [0.15, 0.2) is 0 Å². The molecule has 12 nitrogen and oxygen atoms in total. The Kier molecular flexibility index (Phi) is 16.8. The molecule has 0 spiro atoms. The van der Waals surface area contributed by atoms with Crippen LogP contribution in [0.25, 0.3) is 0 Å². The normalized spacial score (nSPS) is 11.3. The Labute approximate surface area is 384 Å². The molecule has 6 aromatic carbocycles. The Hall–Kier alpha value is -7.10. The summed E-state index contributed by atoms with van der Waals surface area (Å²) in [4.78, 5) is 57.1. The second kappa shape index (κ2) is 23.0. The first-order valence-corrected chi connectivity index (χ1v) is 21.0. The molecule has 6 aromatic rings. The van der Waals surface area contributed by atoms with Crippen LogP contribution in [0.15, 0.2) is 144 Å². The average molecular weight is 918 g/mol. The summed E-state index contributed by atoms with van der Waals surface area (Å²) < 4.78 is 27.0. The van der Waals surface area contributed by atoms with E-state index in [0.717, 1.165) is 30.6 Å². The average Bonchev–Trinajstić information content (AvgIpc) is 3.27. The number of benzene rings is 6. The largest absolute Gasteiger partial charge is 0.321 e. The minimum Gasteiger partial charge on any atom is -0.321 e. The molecule has 0 saturated heterocycles. The van der Waals surface area contributed by atoms with Gasteiger partial charge in [-0.3, -0.25) is 19.2 Å². The fourth-order valence-electron chi connectivity index (χ4n) is 6.65. The standard InChI is InChI=1S/C49H44Cl2F2N8O4/c1-60(30-34-10-3-12-36(22-34)46(62)56-44-18-16-38(50)26-42(44)48(64)58-54-28-32-8-5-14-40(52)24-32)20-7-21-61(2)31-35-11-4-13-37(23-35)47(63)57-45-19-17-39(51)27-43(45)49(65)59-55-29-33-9-6-15-41(53)25-33/h3-6,8-19,22-29H,7,20-21,30-31H2,1-2H3,(H,56,62)(H,57,63)(H,58,64)(H,59,65)/b54-28+,55-29+. The minimum atomic E-state index is -0.616. The van der Waals surface area contributed by atoms with Crippen LogP contribution in [0.2, 0.25) is 10.0 Å². The topological polar surface area (TPSA) is 148 Å². The zero-order chi connectivity index (χ0) is 46.3. The van der Waals surface area contributed by atoms with Crippen LogP contribution in [0.3, 0.4) is 0 Å². The molecule has 0 aliphatic heterocycles. The van der Waals surface area contributed by atoms with Crippen molar-refractivity contribution in [3.8, 4) is 0 Å². The van der Waals surface area contributed by atoms with Crippen molar-refractivity contribution in [3.05, 3.63) is 200 Å². The van der Waals surface area contributed by atoms with Gasteiger partial charge in [-0.2, -0.15) is 10.2 Å². The van der Waals surface area contributed by atoms with E-state index < -0.39 is 35.3 Å². The van der Waals surface area contributed by atoms with E-state index in [4.69, 9.17) is 23.2 Å². The van der Waals surface area contributed by atoms with Crippen LogP contribution in [-0.2, 0) is 13.1 Å². The van der Waals surface area contributed by atoms with Crippen molar-refractivity contribution in [1.82, 2.24) is 20.7 Å². The third-order valence-electron chi connectivity index (χ3n) is 9.77. The molecule has 0 radical (unpaired) electrons. The van der Waals surface area contributed by atoms with E-state index in [0.29, 0.717) is 35.3 Å². The molecule has 0 fully saturated rings. The highest BCUT2D eigenvalue weighted by Crippen LogP contribution is 2.24. The number of nitrogens with zero attached hydrogens (tertiary/aromatic N) is 4. The molecule has 16 heteroatoms. The van der Waals surface area contributed by atoms with Crippen molar-refractivity contribution < 1.29 is 28.0 Å². The maximum atomic E-state index is 13.5. The van der Waals surface area contributed by atoms with E-state index >= 15 is 0 Å². The molecule has 332 valence electrons. The summed E-state index contributed by atoms with van der Waals surface area (Å²) in [6, 6.07) is 35.0. The fourth-order valence-corrected chi connectivity index (χ4v) is 7.00. The van der Waals surface area contributed by atoms with Gasteiger partial charge in [-0.15, -0.1) is 0 Å². The number of halogens is 4. The monoisotopic (exact) mass is 916 g/mol. The molecule has 6 rings (SSSR count). The maximum absolute atomic E-state index is 13.5. The summed E-state index contributed by atoms with van der Waals surface area (Å²) in [5.74, 6) is -2.94. The second-order valence-corrected chi connectivity index (χ2v) is 15.9. The number of hydrogen-bond acceptors (Lipinski definition) is 8. The summed E-state index contributed by atoms with van der Waals surface area (Å²) in [6.07, 6.45) is 3.45. The lowest BCUT2D eigenvalue weighted by Gasteiger charge is -2.21. The Morgan fingerprint density at radius 3 is 1.37 bits per heavy atom. The highest BCUT2D eigenvalue weighted by atomic mass is 35.5. The van der Waals surface area contributed by atoms with Gasteiger partial charge in [-0.05, 0) is 141 Å². The number of anilines is 2. The number of amides is 4. The summed E-state index contributed by atoms with van der Waals surface area (Å²) in [7, 11) is 4.00. The van der Waals surface area contributed by atoms with Crippen LogP contribution >= 0.6 is 23.2 Å². The van der Waals surface area contributed by atoms with Crippen LogP contribution in [0.4, 0.5) is 20.2 Å². The van der Waals surface area contributed by atoms with Crippen molar-refractivity contribution >= 4 is 70.6 Å². The molecule has 0 atom stereocenters. The first kappa shape index (κ1) is 47.4. The molecule has 0 aliphatic rings. The van der Waals surface area contributed by atoms with Crippen LogP contribution in [0, 0.1) is 11.6 Å². The lowest BCUT2D eigenvalue weighted by Crippen LogP contribution is -2.25. The summed E-state index contributed by atoms with van der Waals surface area (Å²) >= 11 is 12.4. The minimum absolute atomic E-state index is 0.0978. The SMILES string of the molecule is CN(CCCN(C)Cc1cccc(C(=O)Nc2ccc(Cl)cc2C(=O)N/N=C/c2cccc(F)c2)c1)Cc1cccc(C(=O)Nc2ccc(Cl)cc2C(=O)N/N=C/c2cccc(F)c2)c1. The first-order valence-electron chi connectivity index (χ1n) is 20.2. The predicted molar refractivity (Wildman–Crippen MR) is 252 cm³/mol. The lowest BCUT2D eigenvalue weighted by atomic mass is 10.1. The Bertz CT molecular complexity index is 2570. The molecule has 0 heterocycles. The number of hydrogen-bond donors (Lipinski definition) is 4. The van der Waals surface area contributed by atoms with E-state index in [9.17, 15) is 28.0 Å². The van der Waals surface area contributed by atoms with E-state index in [-0.39, 0.29) is 32.5 Å². The van der Waals surface area contributed by atoms with Gasteiger partial charge in [0.25, 0.3) is 23.6 Å². The maximum Gasteiger partial charge on any atom is 0.273 e. The summed E-state index contributed by atoms with van der Waals surface area (Å²) in [5, 5.41) is 14.0. The molecule has 0 saturated carbocycles. The van der Waals surface area contributed by atoms with Crippen molar-refractivity contribution in [3.63, 3.8) is 0 Å². The van der Waals surface area contributed by atoms with Crippen molar-refractivity contribution in [2.75, 3.05) is 37.8 Å². The van der Waals surface area contributed by atoms with Gasteiger partial charge in [0.2, 0.25) is 0 Å². The number of nitrogens with one attached hydrogen (secondary N) is 4. The third-order valence-corrected chi connectivity index (χ3v) is 10.2. The highest BCUT2D eigenvalue weighted by molar-refractivity contribution is 6.31. The fraction of sp³-hybridized carbons (Fsp3) is 0.143. The van der Waals surface area contributed by atoms with Crippen molar-refractivity contribution in [2.24, 2.45) is 10.2 Å². The van der Waals surface area contributed by atoms with Crippen LogP contribution < -0.4 is 21.5 Å². The number of carbonyl (C=O) groups is 4. The third kappa shape index (κ3) is 14.5. The van der Waals surface area contributed by atoms with Crippen molar-refractivity contribution in [2.45, 2.75) is 19.5 Å². The van der Waals surface area contributed by atoms with Crippen LogP contribution in [-0.4, -0.2) is 73.0 Å². The van der Waals surface area contributed by atoms with Gasteiger partial charge in [-0.25, -0.2) is 19.6 Å². The smallest absolute Gasteiger partial charge is 0.273 e. The van der Waals surface area contributed by atoms with Gasteiger partial charge in [0.1, 0.15) is 11.6 Å². The summed E-state index contributed by atoms with van der Waals surface area (Å²) in [5.41, 5.74) is 9.02. The number of rotatable bonds is 18. The number of hydrazone groups is 2.